The summed E-state index contributed by atoms with van der Waals surface area (Å²) in [5.41, 5.74) is -0.218. The number of hydrogen-bond acceptors (Lipinski definition) is 2. The molecule has 0 amide bonds. The predicted octanol–water partition coefficient (Wildman–Crippen LogP) is 3.73. The Labute approximate surface area is 132 Å². The first kappa shape index (κ1) is 15.9. The standard InChI is InChI=1S/C15H16Cl2N2O2/c1-8(2)9(3)19-14(20)12(13(17)18-15(19)21)10-6-4-5-7-11(10)16/h4-9H,1-3H3,(H,18,21). The van der Waals surface area contributed by atoms with Gasteiger partial charge in [-0.1, -0.05) is 55.2 Å². The van der Waals surface area contributed by atoms with E-state index in [-0.39, 0.29) is 22.7 Å². The highest BCUT2D eigenvalue weighted by molar-refractivity contribution is 6.35. The van der Waals surface area contributed by atoms with E-state index in [0.29, 0.717) is 10.6 Å². The van der Waals surface area contributed by atoms with Gasteiger partial charge < -0.3 is 0 Å². The van der Waals surface area contributed by atoms with Gasteiger partial charge in [0.2, 0.25) is 0 Å². The Hall–Kier alpha value is -1.52. The number of aromatic nitrogens is 2. The molecule has 1 unspecified atom stereocenters. The summed E-state index contributed by atoms with van der Waals surface area (Å²) in [6.07, 6.45) is 0. The van der Waals surface area contributed by atoms with Crippen LogP contribution in [0.1, 0.15) is 26.8 Å². The van der Waals surface area contributed by atoms with Crippen LogP contribution in [0.25, 0.3) is 11.1 Å². The first-order valence-corrected chi connectivity index (χ1v) is 7.39. The van der Waals surface area contributed by atoms with Crippen LogP contribution in [0.4, 0.5) is 0 Å². The van der Waals surface area contributed by atoms with Gasteiger partial charge in [0.15, 0.2) is 0 Å². The van der Waals surface area contributed by atoms with E-state index in [1.807, 2.05) is 20.8 Å². The van der Waals surface area contributed by atoms with Crippen LogP contribution < -0.4 is 11.2 Å². The maximum Gasteiger partial charge on any atom is 0.329 e. The molecule has 1 aromatic carbocycles. The van der Waals surface area contributed by atoms with Gasteiger partial charge in [-0.05, 0) is 18.9 Å². The summed E-state index contributed by atoms with van der Waals surface area (Å²) < 4.78 is 1.19. The first-order valence-electron chi connectivity index (χ1n) is 6.63. The molecule has 0 radical (unpaired) electrons. The molecule has 0 aliphatic carbocycles. The fourth-order valence-corrected chi connectivity index (χ4v) is 2.58. The van der Waals surface area contributed by atoms with Crippen molar-refractivity contribution in [3.8, 4) is 11.1 Å². The lowest BCUT2D eigenvalue weighted by molar-refractivity contribution is 0.385. The molecule has 1 aromatic heterocycles. The van der Waals surface area contributed by atoms with E-state index in [9.17, 15) is 9.59 Å². The fraction of sp³-hybridized carbons (Fsp3) is 0.333. The van der Waals surface area contributed by atoms with Crippen LogP contribution in [0.15, 0.2) is 33.9 Å². The van der Waals surface area contributed by atoms with Gasteiger partial charge in [-0.3, -0.25) is 14.3 Å². The Kier molecular flexibility index (Phi) is 4.59. The zero-order chi connectivity index (χ0) is 15.7. The zero-order valence-electron chi connectivity index (χ0n) is 12.0. The van der Waals surface area contributed by atoms with Crippen LogP contribution in [-0.2, 0) is 0 Å². The van der Waals surface area contributed by atoms with Crippen molar-refractivity contribution in [3.63, 3.8) is 0 Å². The molecule has 0 saturated carbocycles. The van der Waals surface area contributed by atoms with Crippen molar-refractivity contribution < 1.29 is 0 Å². The van der Waals surface area contributed by atoms with Gasteiger partial charge in [0.05, 0.1) is 5.56 Å². The summed E-state index contributed by atoms with van der Waals surface area (Å²) in [6, 6.07) is 6.65. The highest BCUT2D eigenvalue weighted by atomic mass is 35.5. The van der Waals surface area contributed by atoms with E-state index in [1.165, 1.54) is 4.57 Å². The molecule has 21 heavy (non-hydrogen) atoms. The van der Waals surface area contributed by atoms with E-state index in [1.54, 1.807) is 24.3 Å². The van der Waals surface area contributed by atoms with Crippen molar-refractivity contribution in [3.05, 3.63) is 55.3 Å². The Morgan fingerprint density at radius 3 is 2.29 bits per heavy atom. The van der Waals surface area contributed by atoms with E-state index < -0.39 is 11.2 Å². The van der Waals surface area contributed by atoms with Gasteiger partial charge in [-0.25, -0.2) is 4.79 Å². The van der Waals surface area contributed by atoms with E-state index in [4.69, 9.17) is 23.2 Å². The molecular weight excluding hydrogens is 311 g/mol. The second-order valence-corrected chi connectivity index (χ2v) is 6.04. The molecule has 0 fully saturated rings. The number of aromatic amines is 1. The summed E-state index contributed by atoms with van der Waals surface area (Å²) in [5, 5.41) is 0.414. The number of benzene rings is 1. The number of nitrogens with zero attached hydrogens (tertiary/aromatic N) is 1. The van der Waals surface area contributed by atoms with Crippen molar-refractivity contribution in [2.24, 2.45) is 5.92 Å². The molecule has 4 nitrogen and oxygen atoms in total. The van der Waals surface area contributed by atoms with Crippen molar-refractivity contribution in [1.82, 2.24) is 9.55 Å². The lowest BCUT2D eigenvalue weighted by Crippen LogP contribution is -2.39. The van der Waals surface area contributed by atoms with Crippen LogP contribution in [0.2, 0.25) is 10.2 Å². The quantitative estimate of drug-likeness (QED) is 0.874. The summed E-state index contributed by atoms with van der Waals surface area (Å²) in [7, 11) is 0. The number of H-pyrrole nitrogens is 1. The molecule has 112 valence electrons. The molecule has 0 bridgehead atoms. The van der Waals surface area contributed by atoms with E-state index in [0.717, 1.165) is 0 Å². The van der Waals surface area contributed by atoms with Gasteiger partial charge in [0.25, 0.3) is 5.56 Å². The van der Waals surface area contributed by atoms with Gasteiger partial charge in [-0.2, -0.15) is 0 Å². The van der Waals surface area contributed by atoms with Crippen LogP contribution >= 0.6 is 23.2 Å². The number of rotatable bonds is 3. The summed E-state index contributed by atoms with van der Waals surface area (Å²) in [6.45, 7) is 5.71. The molecule has 0 saturated heterocycles. The van der Waals surface area contributed by atoms with Gasteiger partial charge >= 0.3 is 5.69 Å². The number of halogens is 2. The van der Waals surface area contributed by atoms with Crippen LogP contribution in [0.5, 0.6) is 0 Å². The highest BCUT2D eigenvalue weighted by Crippen LogP contribution is 2.29. The second kappa shape index (κ2) is 6.08. The molecule has 2 rings (SSSR count). The molecule has 0 spiro atoms. The second-order valence-electron chi connectivity index (χ2n) is 5.26. The average Bonchev–Trinajstić information content (AvgIpc) is 2.40. The van der Waals surface area contributed by atoms with Crippen molar-refractivity contribution in [2.45, 2.75) is 26.8 Å². The van der Waals surface area contributed by atoms with E-state index >= 15 is 0 Å². The Morgan fingerprint density at radius 1 is 1.10 bits per heavy atom. The fourth-order valence-electron chi connectivity index (χ4n) is 2.09. The SMILES string of the molecule is CC(C)C(C)n1c(=O)[nH]c(Cl)c(-c2ccccc2Cl)c1=O. The lowest BCUT2D eigenvalue weighted by Gasteiger charge is -2.19. The minimum atomic E-state index is -0.512. The van der Waals surface area contributed by atoms with Crippen molar-refractivity contribution in [2.75, 3.05) is 0 Å². The Morgan fingerprint density at radius 2 is 1.71 bits per heavy atom. The summed E-state index contributed by atoms with van der Waals surface area (Å²) in [5.74, 6) is 0.129. The number of hydrogen-bond donors (Lipinski definition) is 1. The van der Waals surface area contributed by atoms with Gasteiger partial charge in [0, 0.05) is 16.6 Å². The minimum absolute atomic E-state index is 0.00491. The van der Waals surface area contributed by atoms with Gasteiger partial charge in [-0.15, -0.1) is 0 Å². The van der Waals surface area contributed by atoms with Crippen molar-refractivity contribution >= 4 is 23.2 Å². The average molecular weight is 327 g/mol. The topological polar surface area (TPSA) is 54.9 Å². The molecule has 1 N–H and O–H groups in total. The molecule has 0 aliphatic rings. The largest absolute Gasteiger partial charge is 0.329 e. The lowest BCUT2D eigenvalue weighted by atomic mass is 10.1. The molecule has 1 heterocycles. The van der Waals surface area contributed by atoms with Crippen LogP contribution in [0.3, 0.4) is 0 Å². The smallest absolute Gasteiger partial charge is 0.297 e. The number of nitrogens with one attached hydrogen (secondary N) is 1. The van der Waals surface area contributed by atoms with Crippen molar-refractivity contribution in [1.29, 1.82) is 0 Å². The minimum Gasteiger partial charge on any atom is -0.297 e. The molecular formula is C15H16Cl2N2O2. The first-order chi connectivity index (χ1) is 9.84. The highest BCUT2D eigenvalue weighted by Gasteiger charge is 2.21. The maximum absolute atomic E-state index is 12.7. The monoisotopic (exact) mass is 326 g/mol. The third-order valence-electron chi connectivity index (χ3n) is 3.60. The Balaban J connectivity index is 2.81. The summed E-state index contributed by atoms with van der Waals surface area (Å²) >= 11 is 12.2. The third-order valence-corrected chi connectivity index (χ3v) is 4.22. The normalized spacial score (nSPS) is 12.7. The van der Waals surface area contributed by atoms with Crippen LogP contribution in [-0.4, -0.2) is 9.55 Å². The third kappa shape index (κ3) is 2.92. The van der Waals surface area contributed by atoms with Gasteiger partial charge in [0.1, 0.15) is 5.15 Å². The molecule has 6 heteroatoms. The molecule has 1 atom stereocenters. The summed E-state index contributed by atoms with van der Waals surface area (Å²) in [4.78, 5) is 27.3. The molecule has 0 aliphatic heterocycles. The molecule has 2 aromatic rings. The Bertz CT molecular complexity index is 778. The van der Waals surface area contributed by atoms with E-state index in [2.05, 4.69) is 4.98 Å². The predicted molar refractivity (Wildman–Crippen MR) is 86.3 cm³/mol. The zero-order valence-corrected chi connectivity index (χ0v) is 13.5. The maximum atomic E-state index is 12.7. The van der Waals surface area contributed by atoms with Crippen LogP contribution in [0, 0.1) is 5.92 Å².